The topological polar surface area (TPSA) is 67.6 Å². The highest BCUT2D eigenvalue weighted by atomic mass is 19.4. The van der Waals surface area contributed by atoms with Crippen LogP contribution < -0.4 is 5.73 Å². The number of pyridine rings is 1. The minimum atomic E-state index is -4.39. The predicted octanol–water partition coefficient (Wildman–Crippen LogP) is 3.20. The number of nitrogens with zero attached hydrogens (tertiary/aromatic N) is 2. The van der Waals surface area contributed by atoms with Crippen molar-refractivity contribution >= 4 is 5.82 Å². The minimum absolute atomic E-state index is 0.0952. The van der Waals surface area contributed by atoms with Crippen LogP contribution in [0.4, 0.5) is 19.0 Å². The van der Waals surface area contributed by atoms with E-state index in [1.54, 1.807) is 0 Å². The van der Waals surface area contributed by atoms with Crippen LogP contribution in [0.2, 0.25) is 0 Å². The number of rotatable bonds is 2. The van der Waals surface area contributed by atoms with Gasteiger partial charge in [0.2, 0.25) is 0 Å². The first-order chi connectivity index (χ1) is 8.80. The number of hydrogen-bond acceptors (Lipinski definition) is 3. The number of halogens is 3. The van der Waals surface area contributed by atoms with Crippen LogP contribution in [0.1, 0.15) is 30.9 Å². The van der Waals surface area contributed by atoms with Crippen molar-refractivity contribution in [1.29, 1.82) is 0 Å². The van der Waals surface area contributed by atoms with Crippen LogP contribution in [0, 0.1) is 0 Å². The molecule has 0 saturated heterocycles. The summed E-state index contributed by atoms with van der Waals surface area (Å²) in [6, 6.07) is 2.30. The van der Waals surface area contributed by atoms with Gasteiger partial charge in [0, 0.05) is 11.8 Å². The maximum absolute atomic E-state index is 12.5. The molecule has 0 aliphatic carbocycles. The van der Waals surface area contributed by atoms with Crippen molar-refractivity contribution in [2.24, 2.45) is 0 Å². The molecular weight excluding hydrogens is 257 g/mol. The van der Waals surface area contributed by atoms with E-state index in [1.165, 1.54) is 6.07 Å². The van der Waals surface area contributed by atoms with E-state index in [0.29, 0.717) is 17.2 Å². The number of hydrogen-bond donors (Lipinski definition) is 2. The van der Waals surface area contributed by atoms with Crippen molar-refractivity contribution in [1.82, 2.24) is 15.2 Å². The lowest BCUT2D eigenvalue weighted by Gasteiger charge is -2.09. The second kappa shape index (κ2) is 4.56. The molecule has 0 fully saturated rings. The van der Waals surface area contributed by atoms with Gasteiger partial charge >= 0.3 is 6.18 Å². The molecule has 0 spiro atoms. The zero-order valence-corrected chi connectivity index (χ0v) is 10.4. The molecule has 0 atom stereocenters. The van der Waals surface area contributed by atoms with Crippen molar-refractivity contribution in [3.05, 3.63) is 29.5 Å². The van der Waals surface area contributed by atoms with E-state index in [0.717, 1.165) is 17.8 Å². The predicted molar refractivity (Wildman–Crippen MR) is 65.3 cm³/mol. The van der Waals surface area contributed by atoms with Gasteiger partial charge in [0.25, 0.3) is 0 Å². The first-order valence-corrected chi connectivity index (χ1v) is 5.68. The standard InChI is InChI=1S/C12H13F3N4/c1-6(2)9-10(18-19-11(9)16)8-4-3-7(5-17-8)12(13,14)15/h3-6H,1-2H3,(H3,16,18,19). The number of nitrogens with one attached hydrogen (secondary N) is 1. The minimum Gasteiger partial charge on any atom is -0.382 e. The van der Waals surface area contributed by atoms with Crippen molar-refractivity contribution in [2.45, 2.75) is 25.9 Å². The summed E-state index contributed by atoms with van der Waals surface area (Å²) in [5.74, 6) is 0.435. The molecule has 7 heteroatoms. The van der Waals surface area contributed by atoms with Crippen molar-refractivity contribution in [3.63, 3.8) is 0 Å². The van der Waals surface area contributed by atoms with Gasteiger partial charge in [-0.25, -0.2) is 0 Å². The molecule has 19 heavy (non-hydrogen) atoms. The van der Waals surface area contributed by atoms with Crippen molar-refractivity contribution in [3.8, 4) is 11.4 Å². The molecule has 2 rings (SSSR count). The molecular formula is C12H13F3N4. The Hall–Kier alpha value is -2.05. The van der Waals surface area contributed by atoms with Gasteiger partial charge in [-0.2, -0.15) is 18.3 Å². The third-order valence-electron chi connectivity index (χ3n) is 2.76. The number of aromatic nitrogens is 3. The Morgan fingerprint density at radius 2 is 1.95 bits per heavy atom. The van der Waals surface area contributed by atoms with Gasteiger partial charge < -0.3 is 5.73 Å². The largest absolute Gasteiger partial charge is 0.417 e. The van der Waals surface area contributed by atoms with Gasteiger partial charge in [-0.05, 0) is 18.1 Å². The van der Waals surface area contributed by atoms with Gasteiger partial charge in [0.05, 0.1) is 17.0 Å². The molecule has 3 N–H and O–H groups in total. The van der Waals surface area contributed by atoms with E-state index in [4.69, 9.17) is 5.73 Å². The third kappa shape index (κ3) is 2.54. The van der Waals surface area contributed by atoms with Crippen LogP contribution in [0.5, 0.6) is 0 Å². The van der Waals surface area contributed by atoms with Crippen LogP contribution in [0.3, 0.4) is 0 Å². The molecule has 2 heterocycles. The SMILES string of the molecule is CC(C)c1c(N)n[nH]c1-c1ccc(C(F)(F)F)cn1. The number of alkyl halides is 3. The van der Waals surface area contributed by atoms with Crippen molar-refractivity contribution in [2.75, 3.05) is 5.73 Å². The van der Waals surface area contributed by atoms with Crippen LogP contribution in [0.15, 0.2) is 18.3 Å². The van der Waals surface area contributed by atoms with Gasteiger partial charge in [0.15, 0.2) is 0 Å². The lowest BCUT2D eigenvalue weighted by Crippen LogP contribution is -2.05. The van der Waals surface area contributed by atoms with E-state index in [2.05, 4.69) is 15.2 Å². The summed E-state index contributed by atoms with van der Waals surface area (Å²) >= 11 is 0. The molecule has 0 aromatic carbocycles. The molecule has 0 unspecified atom stereocenters. The molecule has 0 aliphatic heterocycles. The number of nitrogens with two attached hydrogens (primary N) is 1. The molecule has 4 nitrogen and oxygen atoms in total. The lowest BCUT2D eigenvalue weighted by molar-refractivity contribution is -0.137. The Balaban J connectivity index is 2.44. The first-order valence-electron chi connectivity index (χ1n) is 5.68. The van der Waals surface area contributed by atoms with E-state index < -0.39 is 11.7 Å². The molecule has 2 aromatic rings. The Morgan fingerprint density at radius 1 is 1.26 bits per heavy atom. The average molecular weight is 270 g/mol. The van der Waals surface area contributed by atoms with Crippen LogP contribution in [0.25, 0.3) is 11.4 Å². The summed E-state index contributed by atoms with van der Waals surface area (Å²) in [6.07, 6.45) is -3.59. The summed E-state index contributed by atoms with van der Waals surface area (Å²) in [4.78, 5) is 3.82. The highest BCUT2D eigenvalue weighted by Gasteiger charge is 2.31. The molecule has 2 aromatic heterocycles. The molecule has 0 radical (unpaired) electrons. The highest BCUT2D eigenvalue weighted by Crippen LogP contribution is 2.32. The normalized spacial score (nSPS) is 12.1. The number of nitrogen functional groups attached to an aromatic ring is 1. The van der Waals surface area contributed by atoms with Crippen LogP contribution in [-0.4, -0.2) is 15.2 Å². The Labute approximate surface area is 107 Å². The monoisotopic (exact) mass is 270 g/mol. The van der Waals surface area contributed by atoms with E-state index in [9.17, 15) is 13.2 Å². The Bertz CT molecular complexity index is 570. The summed E-state index contributed by atoms with van der Waals surface area (Å²) in [6.45, 7) is 3.85. The first kappa shape index (κ1) is 13.4. The third-order valence-corrected chi connectivity index (χ3v) is 2.76. The van der Waals surface area contributed by atoms with Gasteiger partial charge in [-0.1, -0.05) is 13.8 Å². The van der Waals surface area contributed by atoms with Crippen LogP contribution in [-0.2, 0) is 6.18 Å². The Morgan fingerprint density at radius 3 is 2.42 bits per heavy atom. The van der Waals surface area contributed by atoms with E-state index in [-0.39, 0.29) is 5.92 Å². The summed E-state index contributed by atoms with van der Waals surface area (Å²) in [5.41, 5.74) is 6.65. The van der Waals surface area contributed by atoms with Crippen molar-refractivity contribution < 1.29 is 13.2 Å². The molecule has 0 aliphatic rings. The second-order valence-electron chi connectivity index (χ2n) is 4.48. The fourth-order valence-electron chi connectivity index (χ4n) is 1.85. The van der Waals surface area contributed by atoms with E-state index in [1.807, 2.05) is 13.8 Å². The lowest BCUT2D eigenvalue weighted by atomic mass is 10.0. The summed E-state index contributed by atoms with van der Waals surface area (Å²) in [7, 11) is 0. The van der Waals surface area contributed by atoms with E-state index >= 15 is 0 Å². The quantitative estimate of drug-likeness (QED) is 0.880. The number of anilines is 1. The summed E-state index contributed by atoms with van der Waals surface area (Å²) in [5, 5.41) is 6.59. The Kier molecular flexibility index (Phi) is 3.21. The fourth-order valence-corrected chi connectivity index (χ4v) is 1.85. The maximum Gasteiger partial charge on any atom is 0.417 e. The molecule has 0 saturated carbocycles. The maximum atomic E-state index is 12.5. The fraction of sp³-hybridized carbons (Fsp3) is 0.333. The average Bonchev–Trinajstić information content (AvgIpc) is 2.70. The molecule has 0 bridgehead atoms. The number of aromatic amines is 1. The summed E-state index contributed by atoms with van der Waals surface area (Å²) < 4.78 is 37.4. The zero-order valence-electron chi connectivity index (χ0n) is 10.4. The van der Waals surface area contributed by atoms with Gasteiger partial charge in [0.1, 0.15) is 5.82 Å². The highest BCUT2D eigenvalue weighted by molar-refractivity contribution is 5.66. The molecule has 0 amide bonds. The zero-order chi connectivity index (χ0) is 14.2. The molecule has 102 valence electrons. The van der Waals surface area contributed by atoms with Crippen LogP contribution >= 0.6 is 0 Å². The second-order valence-corrected chi connectivity index (χ2v) is 4.48. The number of H-pyrrole nitrogens is 1. The smallest absolute Gasteiger partial charge is 0.382 e. The van der Waals surface area contributed by atoms with Gasteiger partial charge in [-0.3, -0.25) is 10.1 Å². The van der Waals surface area contributed by atoms with Gasteiger partial charge in [-0.15, -0.1) is 0 Å².